The Hall–Kier alpha value is -2.33. The quantitative estimate of drug-likeness (QED) is 0.816. The maximum absolute atomic E-state index is 11.2. The van der Waals surface area contributed by atoms with Crippen molar-refractivity contribution in [3.8, 4) is 17.5 Å². The molecule has 0 radical (unpaired) electrons. The summed E-state index contributed by atoms with van der Waals surface area (Å²) in [5, 5.41) is 8.02. The fourth-order valence-corrected chi connectivity index (χ4v) is 1.78. The highest BCUT2D eigenvalue weighted by Crippen LogP contribution is 2.21. The van der Waals surface area contributed by atoms with Crippen LogP contribution in [0.1, 0.15) is 0 Å². The first kappa shape index (κ1) is 13.1. The third-order valence-electron chi connectivity index (χ3n) is 2.06. The molecule has 0 aliphatic rings. The lowest BCUT2D eigenvalue weighted by Gasteiger charge is -2.04. The number of ether oxygens (including phenoxy) is 2. The van der Waals surface area contributed by atoms with Gasteiger partial charge in [-0.25, -0.2) is 9.93 Å². The predicted molar refractivity (Wildman–Crippen MR) is 62.3 cm³/mol. The van der Waals surface area contributed by atoms with Gasteiger partial charge in [0.25, 0.3) is 0 Å². The van der Waals surface area contributed by atoms with Gasteiger partial charge in [-0.2, -0.15) is 8.42 Å². The van der Waals surface area contributed by atoms with E-state index in [1.165, 1.54) is 19.2 Å². The van der Waals surface area contributed by atoms with E-state index in [0.717, 1.165) is 0 Å². The zero-order valence-corrected chi connectivity index (χ0v) is 10.5. The minimum absolute atomic E-state index is 0.108. The lowest BCUT2D eigenvalue weighted by Crippen LogP contribution is -2.30. The van der Waals surface area contributed by atoms with Crippen molar-refractivity contribution in [1.82, 2.24) is 9.13 Å². The molecule has 0 aliphatic carbocycles. The van der Waals surface area contributed by atoms with E-state index in [0.29, 0.717) is 5.75 Å². The van der Waals surface area contributed by atoms with E-state index in [4.69, 9.17) is 14.6 Å². The number of rotatable bonds is 4. The molecule has 0 fully saturated rings. The largest absolute Gasteiger partial charge is 0.497 e. The monoisotopic (exact) mass is 287 g/mol. The SMILES string of the molecule is COc1ccc(Oc2noc(=O)n2S(N)(=O)=O)cc1. The summed E-state index contributed by atoms with van der Waals surface area (Å²) in [6, 6.07) is 5.55. The first-order valence-corrected chi connectivity index (χ1v) is 6.36. The molecule has 2 rings (SSSR count). The Morgan fingerprint density at radius 1 is 1.26 bits per heavy atom. The Kier molecular flexibility index (Phi) is 3.27. The Labute approximate surface area is 107 Å². The molecule has 0 amide bonds. The molecule has 2 aromatic rings. The molecule has 19 heavy (non-hydrogen) atoms. The molecule has 102 valence electrons. The number of aromatic nitrogens is 2. The molecule has 0 unspecified atom stereocenters. The van der Waals surface area contributed by atoms with Crippen molar-refractivity contribution in [3.05, 3.63) is 34.8 Å². The van der Waals surface area contributed by atoms with E-state index in [1.807, 2.05) is 0 Å². The Morgan fingerprint density at radius 3 is 2.37 bits per heavy atom. The third-order valence-corrected chi connectivity index (χ3v) is 2.88. The summed E-state index contributed by atoms with van der Waals surface area (Å²) in [5.74, 6) is -0.450. The summed E-state index contributed by atoms with van der Waals surface area (Å²) in [7, 11) is -2.86. The lowest BCUT2D eigenvalue weighted by atomic mass is 10.3. The van der Waals surface area contributed by atoms with Crippen LogP contribution in [-0.2, 0) is 10.2 Å². The average Bonchev–Trinajstić information content (AvgIpc) is 2.71. The summed E-state index contributed by atoms with van der Waals surface area (Å²) in [4.78, 5) is 11.2. The molecule has 1 aromatic heterocycles. The maximum atomic E-state index is 11.2. The van der Waals surface area contributed by atoms with Crippen molar-refractivity contribution >= 4 is 10.2 Å². The van der Waals surface area contributed by atoms with Crippen LogP contribution in [0.4, 0.5) is 0 Å². The number of benzene rings is 1. The normalized spacial score (nSPS) is 11.3. The summed E-state index contributed by atoms with van der Waals surface area (Å²) in [6.07, 6.45) is 0. The minimum atomic E-state index is -4.36. The van der Waals surface area contributed by atoms with Crippen LogP contribution in [0.15, 0.2) is 33.6 Å². The molecular weight excluding hydrogens is 278 g/mol. The van der Waals surface area contributed by atoms with Gasteiger partial charge in [0.1, 0.15) is 11.5 Å². The van der Waals surface area contributed by atoms with E-state index < -0.39 is 22.0 Å². The molecule has 1 aromatic carbocycles. The molecule has 9 nitrogen and oxygen atoms in total. The van der Waals surface area contributed by atoms with E-state index in [1.54, 1.807) is 12.1 Å². The van der Waals surface area contributed by atoms with Crippen LogP contribution < -0.4 is 20.4 Å². The van der Waals surface area contributed by atoms with Crippen LogP contribution in [0.3, 0.4) is 0 Å². The number of hydrogen-bond donors (Lipinski definition) is 1. The van der Waals surface area contributed by atoms with Crippen molar-refractivity contribution < 1.29 is 22.4 Å². The lowest BCUT2D eigenvalue weighted by molar-refractivity contribution is 0.350. The van der Waals surface area contributed by atoms with Gasteiger partial charge in [0.15, 0.2) is 0 Å². The van der Waals surface area contributed by atoms with E-state index in [9.17, 15) is 13.2 Å². The van der Waals surface area contributed by atoms with Gasteiger partial charge in [0.2, 0.25) is 0 Å². The molecular formula is C9H9N3O6S. The maximum Gasteiger partial charge on any atom is 0.459 e. The number of nitrogens with two attached hydrogens (primary N) is 1. The second-order valence-electron chi connectivity index (χ2n) is 3.32. The van der Waals surface area contributed by atoms with Gasteiger partial charge in [-0.1, -0.05) is 0 Å². The second-order valence-corrected chi connectivity index (χ2v) is 4.71. The van der Waals surface area contributed by atoms with Crippen LogP contribution in [0, 0.1) is 0 Å². The Bertz CT molecular complexity index is 730. The summed E-state index contributed by atoms with van der Waals surface area (Å²) in [6.45, 7) is 0. The second kappa shape index (κ2) is 4.74. The van der Waals surface area contributed by atoms with Gasteiger partial charge in [-0.3, -0.25) is 4.52 Å². The third kappa shape index (κ3) is 2.74. The van der Waals surface area contributed by atoms with E-state index in [-0.39, 0.29) is 9.72 Å². The predicted octanol–water partition coefficient (Wildman–Crippen LogP) is -0.311. The number of hydrogen-bond acceptors (Lipinski definition) is 7. The molecule has 0 aliphatic heterocycles. The van der Waals surface area contributed by atoms with Crippen molar-refractivity contribution in [3.63, 3.8) is 0 Å². The van der Waals surface area contributed by atoms with Crippen molar-refractivity contribution in [2.24, 2.45) is 5.14 Å². The minimum Gasteiger partial charge on any atom is -0.497 e. The van der Waals surface area contributed by atoms with Crippen LogP contribution in [0.5, 0.6) is 17.5 Å². The summed E-state index contributed by atoms with van der Waals surface area (Å²) < 4.78 is 36.7. The zero-order chi connectivity index (χ0) is 14.0. The molecule has 10 heteroatoms. The molecule has 0 bridgehead atoms. The number of methoxy groups -OCH3 is 1. The standard InChI is InChI=1S/C9H9N3O6S/c1-16-6-2-4-7(5-3-6)17-8-11-18-9(13)12(8)19(10,14)15/h2-5H,1H3,(H2,10,14,15). The highest BCUT2D eigenvalue weighted by molar-refractivity contribution is 7.87. The Balaban J connectivity index is 2.36. The van der Waals surface area contributed by atoms with Crippen LogP contribution in [0.2, 0.25) is 0 Å². The van der Waals surface area contributed by atoms with Gasteiger partial charge >= 0.3 is 22.0 Å². The Morgan fingerprint density at radius 2 is 1.84 bits per heavy atom. The molecule has 1 heterocycles. The highest BCUT2D eigenvalue weighted by Gasteiger charge is 2.21. The average molecular weight is 287 g/mol. The van der Waals surface area contributed by atoms with Crippen molar-refractivity contribution in [1.29, 1.82) is 0 Å². The van der Waals surface area contributed by atoms with E-state index in [2.05, 4.69) is 9.68 Å². The van der Waals surface area contributed by atoms with Gasteiger partial charge in [0.05, 0.1) is 7.11 Å². The van der Waals surface area contributed by atoms with Gasteiger partial charge in [-0.05, 0) is 29.4 Å². The molecule has 2 N–H and O–H groups in total. The molecule has 0 atom stereocenters. The van der Waals surface area contributed by atoms with Gasteiger partial charge in [-0.15, -0.1) is 3.97 Å². The smallest absolute Gasteiger partial charge is 0.459 e. The van der Waals surface area contributed by atoms with Crippen molar-refractivity contribution in [2.45, 2.75) is 0 Å². The fourth-order valence-electron chi connectivity index (χ4n) is 1.25. The van der Waals surface area contributed by atoms with Gasteiger partial charge < -0.3 is 9.47 Å². The topological polar surface area (TPSA) is 127 Å². The summed E-state index contributed by atoms with van der Waals surface area (Å²) >= 11 is 0. The summed E-state index contributed by atoms with van der Waals surface area (Å²) in [5.41, 5.74) is 0. The van der Waals surface area contributed by atoms with Crippen LogP contribution in [-0.4, -0.2) is 24.7 Å². The van der Waals surface area contributed by atoms with Gasteiger partial charge in [0, 0.05) is 0 Å². The first-order valence-electron chi connectivity index (χ1n) is 4.86. The molecule has 0 saturated heterocycles. The first-order chi connectivity index (χ1) is 8.91. The molecule has 0 saturated carbocycles. The van der Waals surface area contributed by atoms with Crippen LogP contribution in [0.25, 0.3) is 0 Å². The number of nitrogens with zero attached hydrogens (tertiary/aromatic N) is 2. The molecule has 0 spiro atoms. The zero-order valence-electron chi connectivity index (χ0n) is 9.64. The fraction of sp³-hybridized carbons (Fsp3) is 0.111. The van der Waals surface area contributed by atoms with E-state index >= 15 is 0 Å². The highest BCUT2D eigenvalue weighted by atomic mass is 32.2. The van der Waals surface area contributed by atoms with Crippen molar-refractivity contribution in [2.75, 3.05) is 7.11 Å². The van der Waals surface area contributed by atoms with Crippen LogP contribution >= 0.6 is 0 Å².